The number of nitrogens with zero attached hydrogens (tertiary/aromatic N) is 5. The van der Waals surface area contributed by atoms with E-state index in [-0.39, 0.29) is 12.5 Å². The van der Waals surface area contributed by atoms with Gasteiger partial charge in [-0.2, -0.15) is 0 Å². The summed E-state index contributed by atoms with van der Waals surface area (Å²) >= 11 is 0. The Morgan fingerprint density at radius 2 is 1.59 bits per heavy atom. The molecular formula is C20H25N5O2. The molecular weight excluding hydrogens is 342 g/mol. The van der Waals surface area contributed by atoms with Crippen LogP contribution in [-0.2, 0) is 4.79 Å². The maximum absolute atomic E-state index is 12.4. The molecule has 0 bridgehead atoms. The molecule has 2 aromatic rings. The molecule has 27 heavy (non-hydrogen) atoms. The lowest BCUT2D eigenvalue weighted by Crippen LogP contribution is -2.50. The number of amides is 1. The topological polar surface area (TPSA) is 61.8 Å². The highest BCUT2D eigenvalue weighted by Gasteiger charge is 2.22. The molecule has 0 unspecified atom stereocenters. The molecule has 142 valence electrons. The minimum Gasteiger partial charge on any atom is -0.466 e. The van der Waals surface area contributed by atoms with E-state index in [1.54, 1.807) is 6.07 Å². The Kier molecular flexibility index (Phi) is 5.37. The molecule has 0 N–H and O–H groups in total. The monoisotopic (exact) mass is 367 g/mol. The maximum atomic E-state index is 12.4. The van der Waals surface area contributed by atoms with Gasteiger partial charge in [0.1, 0.15) is 0 Å². The average Bonchev–Trinajstić information content (AvgIpc) is 3.28. The summed E-state index contributed by atoms with van der Waals surface area (Å²) in [5, 5.41) is 8.31. The zero-order valence-corrected chi connectivity index (χ0v) is 15.5. The van der Waals surface area contributed by atoms with Gasteiger partial charge in [0.2, 0.25) is 5.88 Å². The number of hydrogen-bond donors (Lipinski definition) is 0. The summed E-state index contributed by atoms with van der Waals surface area (Å²) < 4.78 is 5.55. The van der Waals surface area contributed by atoms with Crippen LogP contribution in [0.4, 0.5) is 11.5 Å². The molecule has 2 aliphatic heterocycles. The lowest BCUT2D eigenvalue weighted by molar-refractivity contribution is -0.133. The number of rotatable bonds is 5. The minimum atomic E-state index is -0.00636. The van der Waals surface area contributed by atoms with Gasteiger partial charge in [0, 0.05) is 51.0 Å². The third-order valence-electron chi connectivity index (χ3n) is 5.15. The number of piperazine rings is 1. The van der Waals surface area contributed by atoms with E-state index >= 15 is 0 Å². The van der Waals surface area contributed by atoms with Crippen molar-refractivity contribution in [3.8, 4) is 5.88 Å². The number of hydrogen-bond acceptors (Lipinski definition) is 6. The second-order valence-electron chi connectivity index (χ2n) is 6.92. The first kappa shape index (κ1) is 17.6. The van der Waals surface area contributed by atoms with Gasteiger partial charge in [-0.1, -0.05) is 18.2 Å². The summed E-state index contributed by atoms with van der Waals surface area (Å²) in [4.78, 5) is 18.8. The number of carbonyl (C=O) groups excluding carboxylic acids is 1. The first-order chi connectivity index (χ1) is 13.3. The second kappa shape index (κ2) is 8.24. The van der Waals surface area contributed by atoms with Crippen LogP contribution < -0.4 is 14.5 Å². The molecule has 0 spiro atoms. The molecule has 0 radical (unpaired) electrons. The van der Waals surface area contributed by atoms with Crippen LogP contribution in [0, 0.1) is 0 Å². The number of anilines is 2. The van der Waals surface area contributed by atoms with Crippen molar-refractivity contribution in [2.24, 2.45) is 0 Å². The molecule has 7 nitrogen and oxygen atoms in total. The van der Waals surface area contributed by atoms with Gasteiger partial charge in [-0.15, -0.1) is 10.2 Å². The lowest BCUT2D eigenvalue weighted by atomic mass is 10.2. The number of benzene rings is 1. The van der Waals surface area contributed by atoms with Crippen LogP contribution in [0.25, 0.3) is 0 Å². The summed E-state index contributed by atoms with van der Waals surface area (Å²) in [5.74, 6) is 1.27. The molecule has 2 saturated heterocycles. The van der Waals surface area contributed by atoms with Gasteiger partial charge in [-0.25, -0.2) is 0 Å². The van der Waals surface area contributed by atoms with E-state index < -0.39 is 0 Å². The molecule has 0 saturated carbocycles. The highest BCUT2D eigenvalue weighted by molar-refractivity contribution is 5.78. The van der Waals surface area contributed by atoms with Gasteiger partial charge < -0.3 is 19.4 Å². The maximum Gasteiger partial charge on any atom is 0.260 e. The molecule has 2 fully saturated rings. The molecule has 2 aliphatic rings. The Labute approximate surface area is 159 Å². The van der Waals surface area contributed by atoms with Crippen molar-refractivity contribution >= 4 is 17.4 Å². The highest BCUT2D eigenvalue weighted by atomic mass is 16.5. The summed E-state index contributed by atoms with van der Waals surface area (Å²) in [6, 6.07) is 14.0. The van der Waals surface area contributed by atoms with Crippen LogP contribution in [0.3, 0.4) is 0 Å². The fourth-order valence-electron chi connectivity index (χ4n) is 3.58. The fraction of sp³-hybridized carbons (Fsp3) is 0.450. The summed E-state index contributed by atoms with van der Waals surface area (Å²) in [7, 11) is 0. The van der Waals surface area contributed by atoms with Gasteiger partial charge >= 0.3 is 0 Å². The summed E-state index contributed by atoms with van der Waals surface area (Å²) in [5.41, 5.74) is 1.20. The van der Waals surface area contributed by atoms with E-state index in [1.165, 1.54) is 18.5 Å². The Balaban J connectivity index is 1.24. The molecule has 7 heteroatoms. The Morgan fingerprint density at radius 3 is 2.26 bits per heavy atom. The summed E-state index contributed by atoms with van der Waals surface area (Å²) in [6.07, 6.45) is 2.40. The average molecular weight is 367 g/mol. The van der Waals surface area contributed by atoms with Crippen molar-refractivity contribution in [3.05, 3.63) is 42.5 Å². The van der Waals surface area contributed by atoms with Crippen LogP contribution in [0.2, 0.25) is 0 Å². The van der Waals surface area contributed by atoms with Gasteiger partial charge in [0.25, 0.3) is 5.91 Å². The first-order valence-corrected chi connectivity index (χ1v) is 9.59. The molecule has 1 aromatic carbocycles. The number of ether oxygens (including phenoxy) is 1. The molecule has 4 rings (SSSR count). The van der Waals surface area contributed by atoms with Crippen LogP contribution >= 0.6 is 0 Å². The SMILES string of the molecule is O=C(COc1ccc(N2CCCC2)nn1)N1CCN(c2ccccc2)CC1. The van der Waals surface area contributed by atoms with E-state index in [2.05, 4.69) is 32.1 Å². The van der Waals surface area contributed by atoms with E-state index in [0.717, 1.165) is 32.0 Å². The zero-order chi connectivity index (χ0) is 18.5. The van der Waals surface area contributed by atoms with Crippen molar-refractivity contribution < 1.29 is 9.53 Å². The molecule has 0 atom stereocenters. The van der Waals surface area contributed by atoms with Crippen LogP contribution in [-0.4, -0.2) is 66.9 Å². The standard InChI is InChI=1S/C20H25N5O2/c26-20(25-14-12-23(13-15-25)17-6-2-1-3-7-17)16-27-19-9-8-18(21-22-19)24-10-4-5-11-24/h1-3,6-9H,4-5,10-16H2. The van der Waals surface area contributed by atoms with Gasteiger partial charge in [0.05, 0.1) is 0 Å². The van der Waals surface area contributed by atoms with Crippen LogP contribution in [0.15, 0.2) is 42.5 Å². The predicted octanol–water partition coefficient (Wildman–Crippen LogP) is 1.80. The molecule has 0 aliphatic carbocycles. The largest absolute Gasteiger partial charge is 0.466 e. The van der Waals surface area contributed by atoms with Gasteiger partial charge in [-0.3, -0.25) is 4.79 Å². The van der Waals surface area contributed by atoms with Gasteiger partial charge in [0.15, 0.2) is 12.4 Å². The second-order valence-corrected chi connectivity index (χ2v) is 6.92. The van der Waals surface area contributed by atoms with Crippen molar-refractivity contribution in [1.29, 1.82) is 0 Å². The minimum absolute atomic E-state index is 0.00305. The Hall–Kier alpha value is -2.83. The van der Waals surface area contributed by atoms with Crippen molar-refractivity contribution in [1.82, 2.24) is 15.1 Å². The number of aromatic nitrogens is 2. The normalized spacial score (nSPS) is 17.3. The summed E-state index contributed by atoms with van der Waals surface area (Å²) in [6.45, 7) is 5.14. The van der Waals surface area contributed by atoms with E-state index in [9.17, 15) is 4.79 Å². The first-order valence-electron chi connectivity index (χ1n) is 9.59. The number of para-hydroxylation sites is 1. The van der Waals surface area contributed by atoms with E-state index in [1.807, 2.05) is 29.2 Å². The smallest absolute Gasteiger partial charge is 0.260 e. The lowest BCUT2D eigenvalue weighted by Gasteiger charge is -2.36. The third kappa shape index (κ3) is 4.30. The highest BCUT2D eigenvalue weighted by Crippen LogP contribution is 2.19. The third-order valence-corrected chi connectivity index (χ3v) is 5.15. The Bertz CT molecular complexity index is 739. The van der Waals surface area contributed by atoms with E-state index in [0.29, 0.717) is 19.0 Å². The molecule has 1 aromatic heterocycles. The number of carbonyl (C=O) groups is 1. The van der Waals surface area contributed by atoms with E-state index in [4.69, 9.17) is 4.74 Å². The predicted molar refractivity (Wildman–Crippen MR) is 104 cm³/mol. The van der Waals surface area contributed by atoms with Crippen molar-refractivity contribution in [2.45, 2.75) is 12.8 Å². The molecule has 1 amide bonds. The fourth-order valence-corrected chi connectivity index (χ4v) is 3.58. The van der Waals surface area contributed by atoms with Crippen LogP contribution in [0.5, 0.6) is 5.88 Å². The molecule has 3 heterocycles. The van der Waals surface area contributed by atoms with Crippen molar-refractivity contribution in [2.75, 3.05) is 55.7 Å². The zero-order valence-electron chi connectivity index (χ0n) is 15.5. The Morgan fingerprint density at radius 1 is 0.852 bits per heavy atom. The van der Waals surface area contributed by atoms with Gasteiger partial charge in [-0.05, 0) is 31.0 Å². The van der Waals surface area contributed by atoms with Crippen LogP contribution in [0.1, 0.15) is 12.8 Å². The quantitative estimate of drug-likeness (QED) is 0.803. The van der Waals surface area contributed by atoms with Crippen molar-refractivity contribution in [3.63, 3.8) is 0 Å².